The van der Waals surface area contributed by atoms with E-state index in [4.69, 9.17) is 4.74 Å². The van der Waals surface area contributed by atoms with Crippen LogP contribution in [0.5, 0.6) is 5.75 Å². The van der Waals surface area contributed by atoms with E-state index in [0.717, 1.165) is 18.8 Å². The number of rotatable bonds is 5. The highest BCUT2D eigenvalue weighted by Gasteiger charge is 2.28. The van der Waals surface area contributed by atoms with Gasteiger partial charge in [0.25, 0.3) is 0 Å². The fraction of sp³-hybridized carbons (Fsp3) is 0.625. The molecule has 0 radical (unpaired) electrons. The Morgan fingerprint density at radius 2 is 1.95 bits per heavy atom. The van der Waals surface area contributed by atoms with Gasteiger partial charge in [-0.05, 0) is 42.6 Å². The van der Waals surface area contributed by atoms with Gasteiger partial charge in [-0.1, -0.05) is 19.9 Å². The largest absolute Gasteiger partial charge is 0.496 e. The SMILES string of the molecule is CNC(c1cc(C(C)C)c(OC)cc1C)C1CNC1. The first-order chi connectivity index (χ1) is 9.08. The van der Waals surface area contributed by atoms with E-state index in [0.29, 0.717) is 17.9 Å². The number of benzene rings is 1. The van der Waals surface area contributed by atoms with E-state index in [-0.39, 0.29) is 0 Å². The Labute approximate surface area is 116 Å². The summed E-state index contributed by atoms with van der Waals surface area (Å²) in [7, 11) is 3.81. The quantitative estimate of drug-likeness (QED) is 0.856. The van der Waals surface area contributed by atoms with Crippen molar-refractivity contribution in [2.75, 3.05) is 27.2 Å². The Kier molecular flexibility index (Phi) is 4.48. The Morgan fingerprint density at radius 1 is 1.26 bits per heavy atom. The van der Waals surface area contributed by atoms with Crippen LogP contribution in [-0.4, -0.2) is 27.2 Å². The van der Waals surface area contributed by atoms with Crippen molar-refractivity contribution >= 4 is 0 Å². The predicted molar refractivity (Wildman–Crippen MR) is 80.0 cm³/mol. The third-order valence-corrected chi connectivity index (χ3v) is 4.17. The number of ether oxygens (including phenoxy) is 1. The van der Waals surface area contributed by atoms with Crippen LogP contribution in [0.2, 0.25) is 0 Å². The van der Waals surface area contributed by atoms with Crippen molar-refractivity contribution in [2.45, 2.75) is 32.7 Å². The van der Waals surface area contributed by atoms with Crippen molar-refractivity contribution in [1.29, 1.82) is 0 Å². The van der Waals surface area contributed by atoms with Crippen molar-refractivity contribution in [2.24, 2.45) is 5.92 Å². The first kappa shape index (κ1) is 14.4. The van der Waals surface area contributed by atoms with Crippen LogP contribution in [0.15, 0.2) is 12.1 Å². The second kappa shape index (κ2) is 5.93. The molecule has 1 unspecified atom stereocenters. The van der Waals surface area contributed by atoms with Crippen molar-refractivity contribution in [3.8, 4) is 5.75 Å². The van der Waals surface area contributed by atoms with Gasteiger partial charge in [-0.25, -0.2) is 0 Å². The van der Waals surface area contributed by atoms with Crippen LogP contribution in [0.4, 0.5) is 0 Å². The average Bonchev–Trinajstić information content (AvgIpc) is 2.33. The molecule has 3 nitrogen and oxygen atoms in total. The van der Waals surface area contributed by atoms with Gasteiger partial charge in [-0.15, -0.1) is 0 Å². The minimum absolute atomic E-state index is 0.435. The van der Waals surface area contributed by atoms with Gasteiger partial charge in [0.1, 0.15) is 5.75 Å². The van der Waals surface area contributed by atoms with E-state index in [1.54, 1.807) is 7.11 Å². The molecule has 1 aliphatic rings. The normalized spacial score (nSPS) is 17.4. The molecule has 3 heteroatoms. The van der Waals surface area contributed by atoms with Crippen LogP contribution < -0.4 is 15.4 Å². The fourth-order valence-electron chi connectivity index (χ4n) is 2.87. The summed E-state index contributed by atoms with van der Waals surface area (Å²) in [6.07, 6.45) is 0. The molecular weight excluding hydrogens is 236 g/mol. The van der Waals surface area contributed by atoms with E-state index in [1.807, 2.05) is 0 Å². The molecule has 1 fully saturated rings. The molecule has 2 N–H and O–H groups in total. The predicted octanol–water partition coefficient (Wildman–Crippen LogP) is 2.61. The zero-order valence-electron chi connectivity index (χ0n) is 12.7. The summed E-state index contributed by atoms with van der Waals surface area (Å²) in [5, 5.41) is 6.84. The van der Waals surface area contributed by atoms with Crippen LogP contribution in [0.3, 0.4) is 0 Å². The lowest BCUT2D eigenvalue weighted by atomic mass is 9.84. The number of hydrogen-bond acceptors (Lipinski definition) is 3. The van der Waals surface area contributed by atoms with Crippen LogP contribution in [0.25, 0.3) is 0 Å². The van der Waals surface area contributed by atoms with E-state index in [1.165, 1.54) is 16.7 Å². The molecule has 106 valence electrons. The van der Waals surface area contributed by atoms with Crippen LogP contribution in [-0.2, 0) is 0 Å². The maximum absolute atomic E-state index is 5.52. The number of aryl methyl sites for hydroxylation is 1. The minimum Gasteiger partial charge on any atom is -0.496 e. The molecule has 1 atom stereocenters. The van der Waals surface area contributed by atoms with Gasteiger partial charge < -0.3 is 15.4 Å². The summed E-state index contributed by atoms with van der Waals surface area (Å²) >= 11 is 0. The van der Waals surface area contributed by atoms with Crippen LogP contribution in [0, 0.1) is 12.8 Å². The van der Waals surface area contributed by atoms with Crippen molar-refractivity contribution in [1.82, 2.24) is 10.6 Å². The molecule has 1 heterocycles. The zero-order chi connectivity index (χ0) is 14.0. The van der Waals surface area contributed by atoms with E-state index < -0.39 is 0 Å². The maximum atomic E-state index is 5.52. The lowest BCUT2D eigenvalue weighted by Gasteiger charge is -2.36. The van der Waals surface area contributed by atoms with Gasteiger partial charge in [0.05, 0.1) is 7.11 Å². The topological polar surface area (TPSA) is 33.3 Å². The molecule has 1 saturated heterocycles. The summed E-state index contributed by atoms with van der Waals surface area (Å²) in [5.41, 5.74) is 4.03. The molecule has 0 aromatic heterocycles. The van der Waals surface area contributed by atoms with E-state index >= 15 is 0 Å². The number of hydrogen-bond donors (Lipinski definition) is 2. The van der Waals surface area contributed by atoms with Crippen LogP contribution >= 0.6 is 0 Å². The molecule has 1 aromatic rings. The Balaban J connectivity index is 2.40. The zero-order valence-corrected chi connectivity index (χ0v) is 12.7. The summed E-state index contributed by atoms with van der Waals surface area (Å²) in [6.45, 7) is 8.83. The van der Waals surface area contributed by atoms with Crippen molar-refractivity contribution in [3.05, 3.63) is 28.8 Å². The molecule has 0 aliphatic carbocycles. The smallest absolute Gasteiger partial charge is 0.122 e. The highest BCUT2D eigenvalue weighted by Crippen LogP contribution is 2.35. The minimum atomic E-state index is 0.435. The molecular formula is C16H26N2O. The lowest BCUT2D eigenvalue weighted by Crippen LogP contribution is -2.48. The fourth-order valence-corrected chi connectivity index (χ4v) is 2.87. The van der Waals surface area contributed by atoms with Gasteiger partial charge in [-0.2, -0.15) is 0 Å². The van der Waals surface area contributed by atoms with Gasteiger partial charge in [0, 0.05) is 25.0 Å². The molecule has 2 rings (SSSR count). The molecule has 1 aromatic carbocycles. The Bertz CT molecular complexity index is 439. The standard InChI is InChI=1S/C16H26N2O/c1-10(2)13-7-14(11(3)6-15(13)19-5)16(17-4)12-8-18-9-12/h6-7,10,12,16-18H,8-9H2,1-5H3. The number of nitrogens with one attached hydrogen (secondary N) is 2. The second-order valence-corrected chi connectivity index (χ2v) is 5.79. The van der Waals surface area contributed by atoms with Gasteiger partial charge >= 0.3 is 0 Å². The Hall–Kier alpha value is -1.06. The van der Waals surface area contributed by atoms with Crippen molar-refractivity contribution < 1.29 is 4.74 Å². The second-order valence-electron chi connectivity index (χ2n) is 5.79. The third-order valence-electron chi connectivity index (χ3n) is 4.17. The summed E-state index contributed by atoms with van der Waals surface area (Å²) in [4.78, 5) is 0. The van der Waals surface area contributed by atoms with Gasteiger partial charge in [0.15, 0.2) is 0 Å². The van der Waals surface area contributed by atoms with E-state index in [2.05, 4.69) is 50.6 Å². The lowest BCUT2D eigenvalue weighted by molar-refractivity contribution is 0.267. The molecule has 0 amide bonds. The molecule has 0 saturated carbocycles. The molecule has 19 heavy (non-hydrogen) atoms. The monoisotopic (exact) mass is 262 g/mol. The summed E-state index contributed by atoms with van der Waals surface area (Å²) in [6, 6.07) is 4.95. The highest BCUT2D eigenvalue weighted by atomic mass is 16.5. The maximum Gasteiger partial charge on any atom is 0.122 e. The average molecular weight is 262 g/mol. The highest BCUT2D eigenvalue weighted by molar-refractivity contribution is 5.45. The van der Waals surface area contributed by atoms with Crippen molar-refractivity contribution in [3.63, 3.8) is 0 Å². The third kappa shape index (κ3) is 2.77. The first-order valence-corrected chi connectivity index (χ1v) is 7.14. The number of methoxy groups -OCH3 is 1. The van der Waals surface area contributed by atoms with E-state index in [9.17, 15) is 0 Å². The molecule has 0 spiro atoms. The summed E-state index contributed by atoms with van der Waals surface area (Å²) < 4.78 is 5.52. The Morgan fingerprint density at radius 3 is 2.37 bits per heavy atom. The molecule has 1 aliphatic heterocycles. The van der Waals surface area contributed by atoms with Gasteiger partial charge in [-0.3, -0.25) is 0 Å². The van der Waals surface area contributed by atoms with Crippen LogP contribution in [0.1, 0.15) is 42.5 Å². The summed E-state index contributed by atoms with van der Waals surface area (Å²) in [5.74, 6) is 2.18. The molecule has 0 bridgehead atoms. The first-order valence-electron chi connectivity index (χ1n) is 7.14. The van der Waals surface area contributed by atoms with Gasteiger partial charge in [0.2, 0.25) is 0 Å².